The van der Waals surface area contributed by atoms with Crippen LogP contribution < -0.4 is 5.32 Å². The van der Waals surface area contributed by atoms with Crippen LogP contribution >= 0.6 is 0 Å². The maximum absolute atomic E-state index is 9.71. The van der Waals surface area contributed by atoms with Gasteiger partial charge in [0.2, 0.25) is 0 Å². The molecule has 0 amide bonds. The average molecular weight is 235 g/mol. The van der Waals surface area contributed by atoms with Crippen LogP contribution in [-0.2, 0) is 11.3 Å². The van der Waals surface area contributed by atoms with Crippen molar-refractivity contribution in [3.63, 3.8) is 0 Å². The van der Waals surface area contributed by atoms with Crippen LogP contribution in [0.25, 0.3) is 0 Å². The average Bonchev–Trinajstić information content (AvgIpc) is 2.34. The fraction of sp³-hybridized carbons (Fsp3) is 0.571. The van der Waals surface area contributed by atoms with E-state index in [9.17, 15) is 5.11 Å². The smallest absolute Gasteiger partial charge is 0.121 e. The van der Waals surface area contributed by atoms with E-state index in [0.29, 0.717) is 11.8 Å². The Morgan fingerprint density at radius 3 is 2.41 bits per heavy atom. The molecule has 0 saturated carbocycles. The highest BCUT2D eigenvalue weighted by Gasteiger charge is 2.13. The minimum absolute atomic E-state index is 0.416. The highest BCUT2D eigenvalue weighted by molar-refractivity contribution is 5.42. The lowest BCUT2D eigenvalue weighted by Crippen LogP contribution is -2.34. The zero-order chi connectivity index (χ0) is 12.3. The molecule has 94 valence electrons. The lowest BCUT2D eigenvalue weighted by molar-refractivity contribution is 0.0776. The summed E-state index contributed by atoms with van der Waals surface area (Å²) in [7, 11) is 0. The molecule has 0 aromatic heterocycles. The Morgan fingerprint density at radius 2 is 1.82 bits per heavy atom. The Kier molecular flexibility index (Phi) is 4.02. The van der Waals surface area contributed by atoms with Gasteiger partial charge in [0, 0.05) is 25.8 Å². The molecule has 0 atom stereocenters. The Bertz CT molecular complexity index is 361. The first-order valence-corrected chi connectivity index (χ1v) is 6.27. The first-order chi connectivity index (χ1) is 8.16. The second kappa shape index (κ2) is 5.52. The Labute approximate surface area is 103 Å². The topological polar surface area (TPSA) is 41.5 Å². The Morgan fingerprint density at radius 1 is 1.24 bits per heavy atom. The first-order valence-electron chi connectivity index (χ1n) is 6.27. The van der Waals surface area contributed by atoms with E-state index in [2.05, 4.69) is 17.4 Å². The van der Waals surface area contributed by atoms with Gasteiger partial charge in [-0.1, -0.05) is 12.1 Å². The number of nitrogens with one attached hydrogen (secondary N) is 1. The van der Waals surface area contributed by atoms with Crippen molar-refractivity contribution in [2.24, 2.45) is 0 Å². The summed E-state index contributed by atoms with van der Waals surface area (Å²) in [6.45, 7) is 6.49. The molecule has 0 bridgehead atoms. The molecule has 17 heavy (non-hydrogen) atoms. The van der Waals surface area contributed by atoms with E-state index < -0.39 is 0 Å². The standard InChI is InChI=1S/C14H21NO2/c1-10-7-12(8-11(2)14(10)16)9-15-13-3-5-17-6-4-13/h7-8,13,15-16H,3-6,9H2,1-2H3. The summed E-state index contributed by atoms with van der Waals surface area (Å²) < 4.78 is 5.33. The maximum atomic E-state index is 9.71. The number of hydrogen-bond donors (Lipinski definition) is 2. The molecule has 3 nitrogen and oxygen atoms in total. The van der Waals surface area contributed by atoms with Crippen molar-refractivity contribution in [2.45, 2.75) is 39.3 Å². The highest BCUT2D eigenvalue weighted by atomic mass is 16.5. The number of hydrogen-bond acceptors (Lipinski definition) is 3. The maximum Gasteiger partial charge on any atom is 0.121 e. The minimum Gasteiger partial charge on any atom is -0.507 e. The first kappa shape index (κ1) is 12.4. The van der Waals surface area contributed by atoms with Gasteiger partial charge in [-0.05, 0) is 43.4 Å². The molecule has 1 aromatic rings. The number of aromatic hydroxyl groups is 1. The van der Waals surface area contributed by atoms with Gasteiger partial charge in [0.15, 0.2) is 0 Å². The van der Waals surface area contributed by atoms with Gasteiger partial charge < -0.3 is 15.2 Å². The number of ether oxygens (including phenoxy) is 1. The normalized spacial score (nSPS) is 17.3. The van der Waals surface area contributed by atoms with Crippen LogP contribution in [0.4, 0.5) is 0 Å². The summed E-state index contributed by atoms with van der Waals surface area (Å²) in [6, 6.07) is 4.67. The lowest BCUT2D eigenvalue weighted by Gasteiger charge is -2.23. The molecule has 0 spiro atoms. The van der Waals surface area contributed by atoms with E-state index in [0.717, 1.165) is 43.7 Å². The highest BCUT2D eigenvalue weighted by Crippen LogP contribution is 2.23. The predicted octanol–water partition coefficient (Wildman–Crippen LogP) is 2.28. The van der Waals surface area contributed by atoms with Gasteiger partial charge in [0.25, 0.3) is 0 Å². The van der Waals surface area contributed by atoms with Crippen LogP contribution in [0.2, 0.25) is 0 Å². The molecule has 1 saturated heterocycles. The molecule has 1 aliphatic rings. The van der Waals surface area contributed by atoms with Crippen LogP contribution in [0.3, 0.4) is 0 Å². The molecule has 3 heteroatoms. The Balaban J connectivity index is 1.94. The minimum atomic E-state index is 0.416. The van der Waals surface area contributed by atoms with Gasteiger partial charge in [-0.3, -0.25) is 0 Å². The second-order valence-corrected chi connectivity index (χ2v) is 4.85. The van der Waals surface area contributed by atoms with Crippen molar-refractivity contribution in [1.29, 1.82) is 0 Å². The third kappa shape index (κ3) is 3.20. The van der Waals surface area contributed by atoms with Crippen LogP contribution in [0, 0.1) is 13.8 Å². The molecule has 0 unspecified atom stereocenters. The number of rotatable bonds is 3. The lowest BCUT2D eigenvalue weighted by atomic mass is 10.0. The summed E-state index contributed by atoms with van der Waals surface area (Å²) in [5, 5.41) is 13.3. The third-order valence-electron chi connectivity index (χ3n) is 3.37. The number of aryl methyl sites for hydroxylation is 2. The number of phenols is 1. The van der Waals surface area contributed by atoms with E-state index >= 15 is 0 Å². The van der Waals surface area contributed by atoms with Gasteiger partial charge in [0.05, 0.1) is 0 Å². The van der Waals surface area contributed by atoms with E-state index in [1.807, 2.05) is 13.8 Å². The van der Waals surface area contributed by atoms with Gasteiger partial charge in [-0.15, -0.1) is 0 Å². The van der Waals surface area contributed by atoms with E-state index in [1.165, 1.54) is 5.56 Å². The van der Waals surface area contributed by atoms with Gasteiger partial charge >= 0.3 is 0 Å². The van der Waals surface area contributed by atoms with Gasteiger partial charge in [-0.2, -0.15) is 0 Å². The molecule has 1 aliphatic heterocycles. The van der Waals surface area contributed by atoms with Gasteiger partial charge in [-0.25, -0.2) is 0 Å². The molecule has 0 aliphatic carbocycles. The molecular formula is C14H21NO2. The zero-order valence-electron chi connectivity index (χ0n) is 10.6. The SMILES string of the molecule is Cc1cc(CNC2CCOCC2)cc(C)c1O. The fourth-order valence-corrected chi connectivity index (χ4v) is 2.31. The molecule has 0 radical (unpaired) electrons. The summed E-state index contributed by atoms with van der Waals surface area (Å²) in [5.41, 5.74) is 3.15. The molecular weight excluding hydrogens is 214 g/mol. The van der Waals surface area contributed by atoms with Crippen LogP contribution in [-0.4, -0.2) is 24.4 Å². The molecule has 1 fully saturated rings. The van der Waals surface area contributed by atoms with E-state index in [1.54, 1.807) is 0 Å². The summed E-state index contributed by atoms with van der Waals surface area (Å²) in [4.78, 5) is 0. The van der Waals surface area contributed by atoms with Crippen molar-refractivity contribution in [2.75, 3.05) is 13.2 Å². The molecule has 1 aromatic carbocycles. The quantitative estimate of drug-likeness (QED) is 0.844. The number of phenolic OH excluding ortho intramolecular Hbond substituents is 1. The number of benzene rings is 1. The van der Waals surface area contributed by atoms with Crippen molar-refractivity contribution in [1.82, 2.24) is 5.32 Å². The summed E-state index contributed by atoms with van der Waals surface area (Å²) in [6.07, 6.45) is 2.19. The Hall–Kier alpha value is -1.06. The zero-order valence-corrected chi connectivity index (χ0v) is 10.6. The van der Waals surface area contributed by atoms with Crippen molar-refractivity contribution < 1.29 is 9.84 Å². The monoisotopic (exact) mass is 235 g/mol. The van der Waals surface area contributed by atoms with Crippen molar-refractivity contribution in [3.8, 4) is 5.75 Å². The molecule has 1 heterocycles. The summed E-state index contributed by atoms with van der Waals surface area (Å²) >= 11 is 0. The van der Waals surface area contributed by atoms with E-state index in [-0.39, 0.29) is 0 Å². The largest absolute Gasteiger partial charge is 0.507 e. The molecule has 2 N–H and O–H groups in total. The fourth-order valence-electron chi connectivity index (χ4n) is 2.31. The second-order valence-electron chi connectivity index (χ2n) is 4.85. The summed E-state index contributed by atoms with van der Waals surface area (Å²) in [5.74, 6) is 0.416. The predicted molar refractivity (Wildman–Crippen MR) is 68.3 cm³/mol. The van der Waals surface area contributed by atoms with Crippen molar-refractivity contribution in [3.05, 3.63) is 28.8 Å². The van der Waals surface area contributed by atoms with Crippen LogP contribution in [0.1, 0.15) is 29.5 Å². The third-order valence-corrected chi connectivity index (χ3v) is 3.37. The van der Waals surface area contributed by atoms with Crippen LogP contribution in [0.15, 0.2) is 12.1 Å². The molecule has 2 rings (SSSR count). The van der Waals surface area contributed by atoms with Crippen molar-refractivity contribution >= 4 is 0 Å². The van der Waals surface area contributed by atoms with Crippen LogP contribution in [0.5, 0.6) is 5.75 Å². The van der Waals surface area contributed by atoms with Gasteiger partial charge in [0.1, 0.15) is 5.75 Å². The van der Waals surface area contributed by atoms with E-state index in [4.69, 9.17) is 4.74 Å².